The molecule has 0 aromatic heterocycles. The molecule has 2 N–H and O–H groups in total. The van der Waals surface area contributed by atoms with E-state index in [1.807, 2.05) is 30.0 Å². The van der Waals surface area contributed by atoms with Gasteiger partial charge < -0.3 is 15.4 Å². The number of hydrogen-bond acceptors (Lipinski definition) is 3. The van der Waals surface area contributed by atoms with E-state index in [9.17, 15) is 4.79 Å². The van der Waals surface area contributed by atoms with Crippen LogP contribution in [0, 0.1) is 5.92 Å². The molecular weight excluding hydrogens is 288 g/mol. The summed E-state index contributed by atoms with van der Waals surface area (Å²) in [7, 11) is 0. The van der Waals surface area contributed by atoms with Crippen LogP contribution in [0.2, 0.25) is 0 Å². The van der Waals surface area contributed by atoms with E-state index >= 15 is 0 Å². The van der Waals surface area contributed by atoms with E-state index in [4.69, 9.17) is 10.5 Å². The first-order valence-electron chi connectivity index (χ1n) is 8.54. The number of carbonyl (C=O) groups is 1. The Labute approximate surface area is 140 Å². The zero-order chi connectivity index (χ0) is 17.0. The molecule has 1 saturated heterocycles. The minimum absolute atomic E-state index is 0.00909. The number of amides is 1. The van der Waals surface area contributed by atoms with E-state index < -0.39 is 0 Å². The first-order valence-corrected chi connectivity index (χ1v) is 8.54. The maximum atomic E-state index is 12.5. The van der Waals surface area contributed by atoms with Crippen LogP contribution >= 0.6 is 0 Å². The average molecular weight is 318 g/mol. The molecule has 4 heteroatoms. The summed E-state index contributed by atoms with van der Waals surface area (Å²) in [5, 5.41) is 0. The molecule has 0 bridgehead atoms. The highest BCUT2D eigenvalue weighted by atomic mass is 16.5. The molecule has 1 fully saturated rings. The summed E-state index contributed by atoms with van der Waals surface area (Å²) in [6.07, 6.45) is 2.13. The van der Waals surface area contributed by atoms with Gasteiger partial charge in [0.2, 0.25) is 0 Å². The van der Waals surface area contributed by atoms with Crippen LogP contribution in [0.3, 0.4) is 0 Å². The summed E-state index contributed by atoms with van der Waals surface area (Å²) >= 11 is 0. The second kappa shape index (κ2) is 7.35. The Bertz CT molecular complexity index is 534. The standard InChI is InChI=1S/C19H30N2O2/c1-14(20)15-8-7-11-21(12-15)18(22)13-23-17-10-6-5-9-16(17)19(2,3)4/h5-6,9-10,14-15H,7-8,11-13,20H2,1-4H3. The van der Waals surface area contributed by atoms with Crippen molar-refractivity contribution in [2.75, 3.05) is 19.7 Å². The van der Waals surface area contributed by atoms with Gasteiger partial charge in [-0.2, -0.15) is 0 Å². The third-order valence-corrected chi connectivity index (χ3v) is 4.60. The number of likely N-dealkylation sites (tertiary alicyclic amines) is 1. The monoisotopic (exact) mass is 318 g/mol. The van der Waals surface area contributed by atoms with Crippen molar-refractivity contribution in [3.63, 3.8) is 0 Å². The molecule has 0 spiro atoms. The highest BCUT2D eigenvalue weighted by Crippen LogP contribution is 2.31. The highest BCUT2D eigenvalue weighted by molar-refractivity contribution is 5.78. The highest BCUT2D eigenvalue weighted by Gasteiger charge is 2.26. The van der Waals surface area contributed by atoms with E-state index in [2.05, 4.69) is 26.8 Å². The molecule has 2 atom stereocenters. The largest absolute Gasteiger partial charge is 0.483 e. The molecule has 1 aliphatic heterocycles. The predicted molar refractivity (Wildman–Crippen MR) is 93.6 cm³/mol. The number of nitrogens with two attached hydrogens (primary N) is 1. The van der Waals surface area contributed by atoms with Gasteiger partial charge in [-0.1, -0.05) is 39.0 Å². The summed E-state index contributed by atoms with van der Waals surface area (Å²) in [5.41, 5.74) is 7.11. The normalized spacial score (nSPS) is 20.2. The molecule has 0 saturated carbocycles. The molecule has 23 heavy (non-hydrogen) atoms. The number of piperidine rings is 1. The first kappa shape index (κ1) is 17.8. The molecule has 1 aliphatic rings. The van der Waals surface area contributed by atoms with Gasteiger partial charge in [-0.05, 0) is 42.7 Å². The van der Waals surface area contributed by atoms with Gasteiger partial charge in [-0.3, -0.25) is 4.79 Å². The maximum absolute atomic E-state index is 12.5. The maximum Gasteiger partial charge on any atom is 0.260 e. The van der Waals surface area contributed by atoms with Crippen LogP contribution in [0.5, 0.6) is 5.75 Å². The third kappa shape index (κ3) is 4.71. The van der Waals surface area contributed by atoms with Crippen LogP contribution in [0.4, 0.5) is 0 Å². The van der Waals surface area contributed by atoms with E-state index in [1.54, 1.807) is 0 Å². The Kier molecular flexibility index (Phi) is 5.69. The summed E-state index contributed by atoms with van der Waals surface area (Å²) in [6, 6.07) is 8.09. The molecule has 128 valence electrons. The van der Waals surface area contributed by atoms with Crippen LogP contribution in [0.15, 0.2) is 24.3 Å². The molecule has 0 radical (unpaired) electrons. The molecule has 1 aromatic carbocycles. The number of ether oxygens (including phenoxy) is 1. The minimum atomic E-state index is -0.00909. The fourth-order valence-electron chi connectivity index (χ4n) is 3.11. The number of rotatable bonds is 4. The van der Waals surface area contributed by atoms with E-state index in [0.29, 0.717) is 5.92 Å². The Hall–Kier alpha value is -1.55. The second-order valence-corrected chi connectivity index (χ2v) is 7.64. The number of benzene rings is 1. The quantitative estimate of drug-likeness (QED) is 0.928. The van der Waals surface area contributed by atoms with Gasteiger partial charge in [-0.15, -0.1) is 0 Å². The molecule has 0 aliphatic carbocycles. The van der Waals surface area contributed by atoms with Gasteiger partial charge in [0, 0.05) is 19.1 Å². The number of hydrogen-bond donors (Lipinski definition) is 1. The summed E-state index contributed by atoms with van der Waals surface area (Å²) in [4.78, 5) is 14.4. The molecule has 2 rings (SSSR count). The van der Waals surface area contributed by atoms with Crippen LogP contribution in [-0.4, -0.2) is 36.5 Å². The zero-order valence-electron chi connectivity index (χ0n) is 14.8. The third-order valence-electron chi connectivity index (χ3n) is 4.60. The molecule has 2 unspecified atom stereocenters. The molecule has 4 nitrogen and oxygen atoms in total. The predicted octanol–water partition coefficient (Wildman–Crippen LogP) is 2.95. The minimum Gasteiger partial charge on any atom is -0.483 e. The van der Waals surface area contributed by atoms with Crippen molar-refractivity contribution in [2.24, 2.45) is 11.7 Å². The fraction of sp³-hybridized carbons (Fsp3) is 0.632. The Morgan fingerprint density at radius 3 is 2.74 bits per heavy atom. The lowest BCUT2D eigenvalue weighted by atomic mass is 9.86. The topological polar surface area (TPSA) is 55.6 Å². The van der Waals surface area contributed by atoms with Crippen LogP contribution in [-0.2, 0) is 10.2 Å². The molecule has 1 aromatic rings. The molecule has 1 amide bonds. The van der Waals surface area contributed by atoms with Crippen molar-refractivity contribution in [1.29, 1.82) is 0 Å². The van der Waals surface area contributed by atoms with Gasteiger partial charge >= 0.3 is 0 Å². The van der Waals surface area contributed by atoms with E-state index in [-0.39, 0.29) is 24.0 Å². The summed E-state index contributed by atoms with van der Waals surface area (Å²) < 4.78 is 5.85. The fourth-order valence-corrected chi connectivity index (χ4v) is 3.11. The van der Waals surface area contributed by atoms with Gasteiger partial charge in [0.25, 0.3) is 5.91 Å². The Morgan fingerprint density at radius 2 is 2.09 bits per heavy atom. The van der Waals surface area contributed by atoms with Crippen molar-refractivity contribution in [3.05, 3.63) is 29.8 Å². The number of para-hydroxylation sites is 1. The number of carbonyl (C=O) groups excluding carboxylic acids is 1. The second-order valence-electron chi connectivity index (χ2n) is 7.64. The average Bonchev–Trinajstić information content (AvgIpc) is 2.52. The SMILES string of the molecule is CC(N)C1CCCN(C(=O)COc2ccccc2C(C)(C)C)C1. The van der Waals surface area contributed by atoms with E-state index in [1.165, 1.54) is 0 Å². The van der Waals surface area contributed by atoms with Crippen LogP contribution in [0.1, 0.15) is 46.1 Å². The first-order chi connectivity index (χ1) is 10.8. The van der Waals surface area contributed by atoms with Gasteiger partial charge in [0.15, 0.2) is 6.61 Å². The van der Waals surface area contributed by atoms with Crippen LogP contribution < -0.4 is 10.5 Å². The van der Waals surface area contributed by atoms with Crippen molar-refractivity contribution < 1.29 is 9.53 Å². The van der Waals surface area contributed by atoms with Crippen molar-refractivity contribution >= 4 is 5.91 Å². The van der Waals surface area contributed by atoms with Crippen molar-refractivity contribution in [2.45, 2.75) is 52.0 Å². The lowest BCUT2D eigenvalue weighted by Crippen LogP contribution is -2.46. The molecular formula is C19H30N2O2. The lowest BCUT2D eigenvalue weighted by molar-refractivity contribution is -0.135. The van der Waals surface area contributed by atoms with Crippen LogP contribution in [0.25, 0.3) is 0 Å². The lowest BCUT2D eigenvalue weighted by Gasteiger charge is -2.34. The van der Waals surface area contributed by atoms with Gasteiger partial charge in [0.05, 0.1) is 0 Å². The van der Waals surface area contributed by atoms with Gasteiger partial charge in [0.1, 0.15) is 5.75 Å². The zero-order valence-corrected chi connectivity index (χ0v) is 14.8. The van der Waals surface area contributed by atoms with Gasteiger partial charge in [-0.25, -0.2) is 0 Å². The van der Waals surface area contributed by atoms with E-state index in [0.717, 1.165) is 37.2 Å². The Balaban J connectivity index is 1.97. The summed E-state index contributed by atoms with van der Waals surface area (Å²) in [5.74, 6) is 1.25. The van der Waals surface area contributed by atoms with Crippen molar-refractivity contribution in [1.82, 2.24) is 4.90 Å². The van der Waals surface area contributed by atoms with Crippen molar-refractivity contribution in [3.8, 4) is 5.75 Å². The summed E-state index contributed by atoms with van der Waals surface area (Å²) in [6.45, 7) is 10.1. The Morgan fingerprint density at radius 1 is 1.39 bits per heavy atom. The molecule has 1 heterocycles. The number of nitrogens with zero attached hydrogens (tertiary/aromatic N) is 1. The smallest absolute Gasteiger partial charge is 0.260 e.